The second-order valence-electron chi connectivity index (χ2n) is 5.93. The number of carboxylic acids is 1. The molecule has 23 heavy (non-hydrogen) atoms. The number of carbonyl (C=O) groups is 2. The van der Waals surface area contributed by atoms with Crippen LogP contribution in [0.15, 0.2) is 0 Å². The van der Waals surface area contributed by atoms with Crippen molar-refractivity contribution in [1.29, 1.82) is 0 Å². The summed E-state index contributed by atoms with van der Waals surface area (Å²) < 4.78 is 0. The maximum Gasteiger partial charge on any atom is 1.00 e. The first-order chi connectivity index (χ1) is 10.6. The molecule has 132 valence electrons. The molecule has 4 nitrogen and oxygen atoms in total. The minimum Gasteiger partial charge on any atom is -1.00 e. The molecule has 0 aromatic rings. The van der Waals surface area contributed by atoms with E-state index in [-0.39, 0.29) is 42.6 Å². The summed E-state index contributed by atoms with van der Waals surface area (Å²) in [6.45, 7) is 2.24. The molecule has 0 saturated heterocycles. The summed E-state index contributed by atoms with van der Waals surface area (Å²) in [5.41, 5.74) is 0. The Morgan fingerprint density at radius 1 is 0.957 bits per heavy atom. The van der Waals surface area contributed by atoms with E-state index in [2.05, 4.69) is 24.9 Å². The average molecular weight is 356 g/mol. The number of nitrogens with one attached hydrogen (secondary N) is 1. The molecule has 0 fully saturated rings. The minimum absolute atomic E-state index is 0. The predicted octanol–water partition coefficient (Wildman–Crippen LogP) is 1.30. The number of hydrogen-bond acceptors (Lipinski definition) is 3. The van der Waals surface area contributed by atoms with Crippen molar-refractivity contribution in [2.24, 2.45) is 0 Å². The Balaban J connectivity index is -0.00000220. The Kier molecular flexibility index (Phi) is 20.7. The maximum atomic E-state index is 11.6. The molecule has 0 saturated carbocycles. The van der Waals surface area contributed by atoms with Crippen molar-refractivity contribution < 1.29 is 45.7 Å². The van der Waals surface area contributed by atoms with Gasteiger partial charge in [0.2, 0.25) is 5.91 Å². The van der Waals surface area contributed by atoms with E-state index in [0.29, 0.717) is 6.42 Å². The fourth-order valence-electron chi connectivity index (χ4n) is 2.40. The topological polar surface area (TPSA) is 66.4 Å². The summed E-state index contributed by atoms with van der Waals surface area (Å²) in [6.07, 6.45) is 14.1. The molecule has 0 radical (unpaired) electrons. The van der Waals surface area contributed by atoms with Crippen LogP contribution in [0.3, 0.4) is 0 Å². The standard InChI is InChI=1S/C17H33NO3S.Na.H/c1-2-3-4-5-6-7-8-9-10-11-12-13-16(19)18-15(14-22)17(20)21;;/h15,22H,2-14H2,1H3,(H,18,19)(H,20,21);;/q;+1;-1/t15-;;/m0../s1. The Morgan fingerprint density at radius 2 is 1.39 bits per heavy atom. The molecule has 1 atom stereocenters. The molecular weight excluding hydrogens is 321 g/mol. The van der Waals surface area contributed by atoms with Crippen LogP contribution >= 0.6 is 12.6 Å². The number of amides is 1. The quantitative estimate of drug-likeness (QED) is 0.236. The third-order valence-electron chi connectivity index (χ3n) is 3.82. The van der Waals surface area contributed by atoms with E-state index in [0.717, 1.165) is 19.3 Å². The molecular formula is C17H34NNaO3S. The zero-order valence-electron chi connectivity index (χ0n) is 16.0. The van der Waals surface area contributed by atoms with Gasteiger partial charge in [-0.25, -0.2) is 4.79 Å². The number of unbranched alkanes of at least 4 members (excludes halogenated alkanes) is 10. The number of rotatable bonds is 15. The molecule has 0 aliphatic carbocycles. The number of aliphatic carboxylic acids is 1. The molecule has 0 aromatic heterocycles. The van der Waals surface area contributed by atoms with Gasteiger partial charge in [-0.1, -0.05) is 71.1 Å². The summed E-state index contributed by atoms with van der Waals surface area (Å²) in [5.74, 6) is -1.08. The molecule has 0 bridgehead atoms. The first kappa shape index (κ1) is 25.5. The van der Waals surface area contributed by atoms with Crippen molar-refractivity contribution in [2.75, 3.05) is 5.75 Å². The Labute approximate surface area is 170 Å². The van der Waals surface area contributed by atoms with Crippen LogP contribution < -0.4 is 34.9 Å². The fourth-order valence-corrected chi connectivity index (χ4v) is 2.65. The average Bonchev–Trinajstić information content (AvgIpc) is 2.50. The second kappa shape index (κ2) is 18.6. The van der Waals surface area contributed by atoms with Crippen LogP contribution in [0.25, 0.3) is 0 Å². The first-order valence-corrected chi connectivity index (χ1v) is 9.38. The Hall–Kier alpha value is 0.290. The molecule has 0 aliphatic rings. The molecule has 0 heterocycles. The summed E-state index contributed by atoms with van der Waals surface area (Å²) >= 11 is 3.92. The number of hydrogen-bond donors (Lipinski definition) is 3. The number of carboxylic acid groups (broad SMARTS) is 1. The van der Waals surface area contributed by atoms with Crippen molar-refractivity contribution in [1.82, 2.24) is 5.32 Å². The monoisotopic (exact) mass is 355 g/mol. The molecule has 0 spiro atoms. The van der Waals surface area contributed by atoms with Crippen LogP contribution in [-0.4, -0.2) is 28.8 Å². The Bertz CT molecular complexity index is 310. The summed E-state index contributed by atoms with van der Waals surface area (Å²) in [7, 11) is 0. The largest absolute Gasteiger partial charge is 1.00 e. The molecule has 0 aliphatic heterocycles. The van der Waals surface area contributed by atoms with E-state index in [1.807, 2.05) is 0 Å². The van der Waals surface area contributed by atoms with Gasteiger partial charge >= 0.3 is 35.5 Å². The maximum absolute atomic E-state index is 11.6. The normalized spacial score (nSPS) is 11.6. The van der Waals surface area contributed by atoms with Gasteiger partial charge in [-0.05, 0) is 6.42 Å². The summed E-state index contributed by atoms with van der Waals surface area (Å²) in [4.78, 5) is 22.3. The van der Waals surface area contributed by atoms with Crippen LogP contribution in [0.5, 0.6) is 0 Å². The van der Waals surface area contributed by atoms with Gasteiger partial charge in [0, 0.05) is 12.2 Å². The SMILES string of the molecule is CCCCCCCCCCCCCC(=O)N[C@@H](CS)C(=O)O.[H-].[Na+]. The van der Waals surface area contributed by atoms with E-state index < -0.39 is 12.0 Å². The van der Waals surface area contributed by atoms with E-state index in [1.165, 1.54) is 51.4 Å². The van der Waals surface area contributed by atoms with E-state index in [4.69, 9.17) is 5.11 Å². The molecule has 1 amide bonds. The summed E-state index contributed by atoms with van der Waals surface area (Å²) in [5, 5.41) is 11.3. The van der Waals surface area contributed by atoms with Crippen molar-refractivity contribution in [2.45, 2.75) is 90.0 Å². The molecule has 0 aromatic carbocycles. The third kappa shape index (κ3) is 16.9. The van der Waals surface area contributed by atoms with Crippen molar-refractivity contribution in [3.05, 3.63) is 0 Å². The van der Waals surface area contributed by atoms with E-state index >= 15 is 0 Å². The first-order valence-electron chi connectivity index (χ1n) is 8.74. The number of thiol groups is 1. The van der Waals surface area contributed by atoms with Gasteiger partial charge < -0.3 is 11.8 Å². The van der Waals surface area contributed by atoms with Crippen molar-refractivity contribution >= 4 is 24.5 Å². The van der Waals surface area contributed by atoms with Crippen LogP contribution in [0.4, 0.5) is 0 Å². The van der Waals surface area contributed by atoms with Gasteiger partial charge in [0.25, 0.3) is 0 Å². The molecule has 0 unspecified atom stereocenters. The Morgan fingerprint density at radius 3 is 1.78 bits per heavy atom. The van der Waals surface area contributed by atoms with Crippen molar-refractivity contribution in [3.8, 4) is 0 Å². The molecule has 0 rings (SSSR count). The fraction of sp³-hybridized carbons (Fsp3) is 0.882. The minimum atomic E-state index is -1.03. The van der Waals surface area contributed by atoms with Gasteiger partial charge in [-0.15, -0.1) is 0 Å². The van der Waals surface area contributed by atoms with E-state index in [9.17, 15) is 9.59 Å². The molecule has 2 N–H and O–H groups in total. The van der Waals surface area contributed by atoms with Gasteiger partial charge in [-0.2, -0.15) is 12.6 Å². The van der Waals surface area contributed by atoms with Gasteiger partial charge in [0.05, 0.1) is 0 Å². The van der Waals surface area contributed by atoms with Gasteiger partial charge in [0.1, 0.15) is 6.04 Å². The zero-order chi connectivity index (χ0) is 16.6. The smallest absolute Gasteiger partial charge is 1.00 e. The van der Waals surface area contributed by atoms with Crippen LogP contribution in [0.1, 0.15) is 85.4 Å². The zero-order valence-corrected chi connectivity index (χ0v) is 17.9. The van der Waals surface area contributed by atoms with Crippen LogP contribution in [0.2, 0.25) is 0 Å². The van der Waals surface area contributed by atoms with Crippen LogP contribution in [0, 0.1) is 0 Å². The van der Waals surface area contributed by atoms with Gasteiger partial charge in [0.15, 0.2) is 0 Å². The predicted molar refractivity (Wildman–Crippen MR) is 95.6 cm³/mol. The van der Waals surface area contributed by atoms with E-state index in [1.54, 1.807) is 0 Å². The van der Waals surface area contributed by atoms with Gasteiger partial charge in [-0.3, -0.25) is 4.79 Å². The summed E-state index contributed by atoms with van der Waals surface area (Å²) in [6, 6.07) is -0.872. The molecule has 6 heteroatoms. The van der Waals surface area contributed by atoms with Crippen molar-refractivity contribution in [3.63, 3.8) is 0 Å². The number of carbonyl (C=O) groups excluding carboxylic acids is 1. The second-order valence-corrected chi connectivity index (χ2v) is 6.29. The third-order valence-corrected chi connectivity index (χ3v) is 4.19. The van der Waals surface area contributed by atoms with Crippen LogP contribution in [-0.2, 0) is 9.59 Å².